The van der Waals surface area contributed by atoms with Gasteiger partial charge in [-0.3, -0.25) is 4.98 Å². The molecule has 1 atom stereocenters. The Morgan fingerprint density at radius 2 is 1.87 bits per heavy atom. The zero-order valence-electron chi connectivity index (χ0n) is 12.2. The Labute approximate surface area is 134 Å². The molecule has 0 aliphatic carbocycles. The molecule has 0 fully saturated rings. The summed E-state index contributed by atoms with van der Waals surface area (Å²) < 4.78 is 32.3. The van der Waals surface area contributed by atoms with Gasteiger partial charge in [0.25, 0.3) is 5.66 Å². The lowest BCUT2D eigenvalue weighted by Crippen LogP contribution is -2.01. The van der Waals surface area contributed by atoms with Crippen LogP contribution in [0.1, 0.15) is 11.1 Å². The molecule has 1 heterocycles. The number of pyridine rings is 1. The maximum absolute atomic E-state index is 13.2. The van der Waals surface area contributed by atoms with E-state index in [1.165, 1.54) is 33.5 Å². The number of hydrogen-bond acceptors (Lipinski definition) is 3. The summed E-state index contributed by atoms with van der Waals surface area (Å²) in [6, 6.07) is 13.2. The molecule has 0 aliphatic rings. The molecule has 3 nitrogen and oxygen atoms in total. The molecular formula is C17H15F2N2OP. The van der Waals surface area contributed by atoms with Crippen molar-refractivity contribution in [3.8, 4) is 11.5 Å². The van der Waals surface area contributed by atoms with Gasteiger partial charge in [0.15, 0.2) is 5.75 Å². The van der Waals surface area contributed by atoms with Gasteiger partial charge in [-0.1, -0.05) is 15.3 Å². The second-order valence-electron chi connectivity index (χ2n) is 5.12. The van der Waals surface area contributed by atoms with E-state index < -0.39 is 5.66 Å². The predicted molar refractivity (Wildman–Crippen MR) is 89.8 cm³/mol. The highest BCUT2D eigenvalue weighted by Gasteiger charge is 2.24. The number of nitrogens with zero attached hydrogens (tertiary/aromatic N) is 1. The van der Waals surface area contributed by atoms with Crippen LogP contribution in [0.3, 0.4) is 0 Å². The molecule has 3 aromatic rings. The second kappa shape index (κ2) is 6.19. The second-order valence-corrected chi connectivity index (χ2v) is 5.85. The zero-order valence-corrected chi connectivity index (χ0v) is 13.3. The summed E-state index contributed by atoms with van der Waals surface area (Å²) in [4.78, 5) is 4.32. The standard InChI is InChI=1S/C17H15F2N2OP/c18-17(19,23)13-3-5-14(6-4-13)22-15-9-11(10-20)8-12-2-1-7-21-16(12)15/h1-9H,10,20,23H2. The lowest BCUT2D eigenvalue weighted by atomic mass is 10.1. The Balaban J connectivity index is 1.98. The molecule has 23 heavy (non-hydrogen) atoms. The predicted octanol–water partition coefficient (Wildman–Crippen LogP) is 4.41. The number of aromatic nitrogens is 1. The average Bonchev–Trinajstić information content (AvgIpc) is 2.54. The third-order valence-corrected chi connectivity index (χ3v) is 3.77. The Hall–Kier alpha value is -2.10. The van der Waals surface area contributed by atoms with Gasteiger partial charge in [0.1, 0.15) is 11.3 Å². The SMILES string of the molecule is NCc1cc(Oc2ccc(C(F)(F)P)cc2)c2ncccc2c1. The molecule has 0 aliphatic heterocycles. The van der Waals surface area contributed by atoms with E-state index in [1.807, 2.05) is 24.3 Å². The fraction of sp³-hybridized carbons (Fsp3) is 0.118. The summed E-state index contributed by atoms with van der Waals surface area (Å²) in [5.41, 5.74) is 4.28. The van der Waals surface area contributed by atoms with Gasteiger partial charge in [-0.15, -0.1) is 0 Å². The highest BCUT2D eigenvalue weighted by atomic mass is 31.0. The third kappa shape index (κ3) is 3.46. The minimum atomic E-state index is -2.95. The minimum Gasteiger partial charge on any atom is -0.455 e. The number of alkyl halides is 2. The van der Waals surface area contributed by atoms with Crippen molar-refractivity contribution in [2.45, 2.75) is 12.2 Å². The monoisotopic (exact) mass is 332 g/mol. The largest absolute Gasteiger partial charge is 0.455 e. The molecule has 3 rings (SSSR count). The summed E-state index contributed by atoms with van der Waals surface area (Å²) in [5.74, 6) is 1.01. The Kier molecular flexibility index (Phi) is 4.24. The summed E-state index contributed by atoms with van der Waals surface area (Å²) >= 11 is 0. The molecule has 2 N–H and O–H groups in total. The Morgan fingerprint density at radius 3 is 2.52 bits per heavy atom. The van der Waals surface area contributed by atoms with Gasteiger partial charge in [-0.25, -0.2) is 0 Å². The van der Waals surface area contributed by atoms with Crippen LogP contribution < -0.4 is 10.5 Å². The quantitative estimate of drug-likeness (QED) is 0.720. The van der Waals surface area contributed by atoms with Crippen LogP contribution in [0.5, 0.6) is 11.5 Å². The molecule has 118 valence electrons. The zero-order chi connectivity index (χ0) is 16.4. The van der Waals surface area contributed by atoms with Gasteiger partial charge >= 0.3 is 0 Å². The molecule has 0 radical (unpaired) electrons. The summed E-state index contributed by atoms with van der Waals surface area (Å²) in [6.07, 6.45) is 1.68. The summed E-state index contributed by atoms with van der Waals surface area (Å²) in [7, 11) is 1.52. The molecular weight excluding hydrogens is 317 g/mol. The molecule has 1 aromatic heterocycles. The number of benzene rings is 2. The van der Waals surface area contributed by atoms with E-state index in [-0.39, 0.29) is 5.56 Å². The van der Waals surface area contributed by atoms with Crippen LogP contribution in [0.2, 0.25) is 0 Å². The van der Waals surface area contributed by atoms with Gasteiger partial charge in [-0.05, 0) is 48.0 Å². The van der Waals surface area contributed by atoms with Crippen LogP contribution in [0.4, 0.5) is 8.78 Å². The van der Waals surface area contributed by atoms with Gasteiger partial charge in [0.05, 0.1) is 0 Å². The maximum Gasteiger partial charge on any atom is 0.283 e. The van der Waals surface area contributed by atoms with Crippen molar-refractivity contribution >= 4 is 20.1 Å². The van der Waals surface area contributed by atoms with Crippen LogP contribution >= 0.6 is 9.24 Å². The van der Waals surface area contributed by atoms with Crippen molar-refractivity contribution in [3.63, 3.8) is 0 Å². The van der Waals surface area contributed by atoms with Crippen molar-refractivity contribution in [2.24, 2.45) is 5.73 Å². The molecule has 0 saturated heterocycles. The normalized spacial score (nSPS) is 11.7. The molecule has 0 amide bonds. The molecule has 0 bridgehead atoms. The van der Waals surface area contributed by atoms with Crippen LogP contribution in [-0.4, -0.2) is 4.98 Å². The molecule has 0 spiro atoms. The van der Waals surface area contributed by atoms with E-state index in [0.29, 0.717) is 23.6 Å². The van der Waals surface area contributed by atoms with Gasteiger partial charge in [0.2, 0.25) is 0 Å². The summed E-state index contributed by atoms with van der Waals surface area (Å²) in [5, 5.41) is 0.915. The van der Waals surface area contributed by atoms with Crippen molar-refractivity contribution in [1.82, 2.24) is 4.98 Å². The van der Waals surface area contributed by atoms with Gasteiger partial charge < -0.3 is 10.5 Å². The first-order valence-electron chi connectivity index (χ1n) is 7.00. The van der Waals surface area contributed by atoms with Gasteiger partial charge in [0, 0.05) is 23.7 Å². The first kappa shape index (κ1) is 15.8. The number of ether oxygens (including phenoxy) is 1. The Bertz CT molecular complexity index is 832. The topological polar surface area (TPSA) is 48.1 Å². The number of halogens is 2. The van der Waals surface area contributed by atoms with Crippen LogP contribution in [0, 0.1) is 0 Å². The average molecular weight is 332 g/mol. The smallest absolute Gasteiger partial charge is 0.283 e. The van der Waals surface area contributed by atoms with E-state index in [1.54, 1.807) is 6.20 Å². The van der Waals surface area contributed by atoms with Crippen LogP contribution in [-0.2, 0) is 12.2 Å². The van der Waals surface area contributed by atoms with Crippen molar-refractivity contribution < 1.29 is 13.5 Å². The third-order valence-electron chi connectivity index (χ3n) is 3.43. The minimum absolute atomic E-state index is 0.0893. The molecule has 2 aromatic carbocycles. The number of nitrogens with two attached hydrogens (primary N) is 1. The molecule has 6 heteroatoms. The van der Waals surface area contributed by atoms with Crippen LogP contribution in [0.15, 0.2) is 54.7 Å². The first-order valence-corrected chi connectivity index (χ1v) is 7.58. The molecule has 1 unspecified atom stereocenters. The summed E-state index contributed by atoms with van der Waals surface area (Å²) in [6.45, 7) is 0.374. The highest BCUT2D eigenvalue weighted by molar-refractivity contribution is 7.17. The lowest BCUT2D eigenvalue weighted by molar-refractivity contribution is 0.104. The Morgan fingerprint density at radius 1 is 1.13 bits per heavy atom. The fourth-order valence-electron chi connectivity index (χ4n) is 2.29. The van der Waals surface area contributed by atoms with E-state index in [0.717, 1.165) is 10.9 Å². The van der Waals surface area contributed by atoms with E-state index in [4.69, 9.17) is 10.5 Å². The number of fused-ring (bicyclic) bond motifs is 1. The van der Waals surface area contributed by atoms with Crippen molar-refractivity contribution in [1.29, 1.82) is 0 Å². The number of hydrogen-bond donors (Lipinski definition) is 1. The highest BCUT2D eigenvalue weighted by Crippen LogP contribution is 2.36. The molecule has 0 saturated carbocycles. The maximum atomic E-state index is 13.2. The van der Waals surface area contributed by atoms with E-state index in [9.17, 15) is 8.78 Å². The van der Waals surface area contributed by atoms with Gasteiger partial charge in [-0.2, -0.15) is 8.78 Å². The van der Waals surface area contributed by atoms with E-state index in [2.05, 4.69) is 4.98 Å². The first-order chi connectivity index (χ1) is 11.0. The van der Waals surface area contributed by atoms with Crippen molar-refractivity contribution in [3.05, 3.63) is 65.9 Å². The van der Waals surface area contributed by atoms with Crippen molar-refractivity contribution in [2.75, 3.05) is 0 Å². The lowest BCUT2D eigenvalue weighted by Gasteiger charge is -2.13. The fourth-order valence-corrected chi connectivity index (χ4v) is 2.48. The van der Waals surface area contributed by atoms with Crippen LogP contribution in [0.25, 0.3) is 10.9 Å². The number of rotatable bonds is 4. The van der Waals surface area contributed by atoms with E-state index >= 15 is 0 Å².